The summed E-state index contributed by atoms with van der Waals surface area (Å²) in [5.74, 6) is 0.567. The Bertz CT molecular complexity index is 892. The van der Waals surface area contributed by atoms with Crippen molar-refractivity contribution in [2.24, 2.45) is 5.10 Å². The van der Waals surface area contributed by atoms with E-state index in [1.54, 1.807) is 25.1 Å². The molecule has 0 atom stereocenters. The van der Waals surface area contributed by atoms with E-state index >= 15 is 0 Å². The maximum Gasteiger partial charge on any atom is 0.276 e. The van der Waals surface area contributed by atoms with Gasteiger partial charge in [-0.2, -0.15) is 18.4 Å². The first kappa shape index (κ1) is 18.4. The second-order valence-corrected chi connectivity index (χ2v) is 6.66. The molecule has 0 aliphatic rings. The zero-order valence-electron chi connectivity index (χ0n) is 13.7. The molecule has 0 saturated carbocycles. The Morgan fingerprint density at radius 3 is 2.52 bits per heavy atom. The normalized spacial score (nSPS) is 11.8. The molecule has 8 nitrogen and oxygen atoms in total. The third-order valence-corrected chi connectivity index (χ3v) is 4.48. The molecule has 0 radical (unpaired) electrons. The first-order chi connectivity index (χ1) is 11.8. The van der Waals surface area contributed by atoms with Crippen molar-refractivity contribution in [1.29, 1.82) is 0 Å². The number of ether oxygens (including phenoxy) is 1. The minimum Gasteiger partial charge on any atom is -0.494 e. The largest absolute Gasteiger partial charge is 0.494 e. The van der Waals surface area contributed by atoms with Crippen LogP contribution in [0.15, 0.2) is 58.5 Å². The predicted molar refractivity (Wildman–Crippen MR) is 93.2 cm³/mol. The number of nitrogens with zero attached hydrogens (tertiary/aromatic N) is 2. The maximum atomic E-state index is 12.2. The Labute approximate surface area is 145 Å². The first-order valence-corrected chi connectivity index (χ1v) is 8.85. The summed E-state index contributed by atoms with van der Waals surface area (Å²) >= 11 is 0. The summed E-state index contributed by atoms with van der Waals surface area (Å²) in [6.45, 7) is 3.87. The van der Waals surface area contributed by atoms with Gasteiger partial charge >= 0.3 is 0 Å². The highest BCUT2D eigenvalue weighted by molar-refractivity contribution is 7.89. The van der Waals surface area contributed by atoms with Gasteiger partial charge in [-0.25, -0.2) is 0 Å². The van der Waals surface area contributed by atoms with Crippen LogP contribution >= 0.6 is 0 Å². The fourth-order valence-electron chi connectivity index (χ4n) is 1.97. The molecule has 0 fully saturated rings. The quantitative estimate of drug-likeness (QED) is 0.462. The van der Waals surface area contributed by atoms with E-state index in [2.05, 4.69) is 9.93 Å². The van der Waals surface area contributed by atoms with Crippen LogP contribution in [0.3, 0.4) is 0 Å². The van der Waals surface area contributed by atoms with Crippen LogP contribution in [0.2, 0.25) is 0 Å². The standard InChI is InChI=1S/C16H17N3O5S/c1-3-24-15-7-9-16(10-8-15)25(22,23)18-17-12(2)13-5-4-6-14(11-13)19(20)21/h4-11,18H,3H2,1-2H3/b17-12-. The fraction of sp³-hybridized carbons (Fsp3) is 0.188. The maximum absolute atomic E-state index is 12.2. The lowest BCUT2D eigenvalue weighted by Gasteiger charge is -2.07. The molecule has 2 aromatic rings. The van der Waals surface area contributed by atoms with Gasteiger partial charge in [-0.1, -0.05) is 12.1 Å². The highest BCUT2D eigenvalue weighted by atomic mass is 32.2. The van der Waals surface area contributed by atoms with Crippen molar-refractivity contribution in [1.82, 2.24) is 4.83 Å². The second-order valence-electron chi connectivity index (χ2n) is 5.00. The molecule has 0 amide bonds. The number of nitro benzene ring substituents is 1. The molecule has 0 unspecified atom stereocenters. The zero-order valence-corrected chi connectivity index (χ0v) is 14.5. The fourth-order valence-corrected chi connectivity index (χ4v) is 2.83. The molecule has 0 spiro atoms. The molecule has 9 heteroatoms. The Morgan fingerprint density at radius 1 is 1.24 bits per heavy atom. The third-order valence-electron chi connectivity index (χ3n) is 3.25. The molecule has 2 aromatic carbocycles. The van der Waals surface area contributed by atoms with E-state index in [9.17, 15) is 18.5 Å². The minimum atomic E-state index is -3.85. The van der Waals surface area contributed by atoms with Gasteiger partial charge in [0.25, 0.3) is 15.7 Å². The van der Waals surface area contributed by atoms with Gasteiger partial charge in [-0.3, -0.25) is 10.1 Å². The van der Waals surface area contributed by atoms with E-state index in [0.29, 0.717) is 23.6 Å². The number of nitrogens with one attached hydrogen (secondary N) is 1. The van der Waals surface area contributed by atoms with Gasteiger partial charge in [0.15, 0.2) is 0 Å². The van der Waals surface area contributed by atoms with Crippen LogP contribution in [0.5, 0.6) is 5.75 Å². The van der Waals surface area contributed by atoms with Gasteiger partial charge in [-0.15, -0.1) is 0 Å². The molecular weight excluding hydrogens is 346 g/mol. The Hall–Kier alpha value is -2.94. The number of sulfonamides is 1. The van der Waals surface area contributed by atoms with Crippen molar-refractivity contribution in [2.45, 2.75) is 18.7 Å². The molecule has 2 rings (SSSR count). The third kappa shape index (κ3) is 4.77. The second kappa shape index (κ2) is 7.75. The SMILES string of the molecule is CCOc1ccc(S(=O)(=O)N/N=C(/C)c2cccc([N+](=O)[O-])c2)cc1. The summed E-state index contributed by atoms with van der Waals surface area (Å²) in [5, 5.41) is 14.6. The summed E-state index contributed by atoms with van der Waals surface area (Å²) in [6.07, 6.45) is 0. The van der Waals surface area contributed by atoms with Crippen LogP contribution in [0.1, 0.15) is 19.4 Å². The number of hydrazone groups is 1. The van der Waals surface area contributed by atoms with Crippen molar-refractivity contribution in [2.75, 3.05) is 6.61 Å². The number of nitro groups is 1. The van der Waals surface area contributed by atoms with E-state index in [-0.39, 0.29) is 10.6 Å². The smallest absolute Gasteiger partial charge is 0.276 e. The van der Waals surface area contributed by atoms with Gasteiger partial charge in [0.05, 0.1) is 22.1 Å². The van der Waals surface area contributed by atoms with Gasteiger partial charge in [0, 0.05) is 17.7 Å². The van der Waals surface area contributed by atoms with Gasteiger partial charge in [0.1, 0.15) is 5.75 Å². The summed E-state index contributed by atoms with van der Waals surface area (Å²) in [5.41, 5.74) is 0.656. The molecule has 25 heavy (non-hydrogen) atoms. The van der Waals surface area contributed by atoms with Crippen molar-refractivity contribution in [3.63, 3.8) is 0 Å². The highest BCUT2D eigenvalue weighted by Crippen LogP contribution is 2.16. The molecule has 132 valence electrons. The summed E-state index contributed by atoms with van der Waals surface area (Å²) in [7, 11) is -3.85. The van der Waals surface area contributed by atoms with Crippen molar-refractivity contribution in [3.05, 3.63) is 64.2 Å². The Kier molecular flexibility index (Phi) is 5.71. The molecule has 0 aromatic heterocycles. The van der Waals surface area contributed by atoms with Crippen LogP contribution in [0, 0.1) is 10.1 Å². The van der Waals surface area contributed by atoms with E-state index in [4.69, 9.17) is 4.74 Å². The first-order valence-electron chi connectivity index (χ1n) is 7.37. The number of hydrogen-bond donors (Lipinski definition) is 1. The van der Waals surface area contributed by atoms with Gasteiger partial charge < -0.3 is 4.74 Å². The number of non-ortho nitro benzene ring substituents is 1. The number of hydrogen-bond acceptors (Lipinski definition) is 6. The minimum absolute atomic E-state index is 0.0338. The van der Waals surface area contributed by atoms with Crippen molar-refractivity contribution in [3.8, 4) is 5.75 Å². The zero-order chi connectivity index (χ0) is 18.4. The average Bonchev–Trinajstić information content (AvgIpc) is 2.60. The summed E-state index contributed by atoms with van der Waals surface area (Å²) < 4.78 is 29.8. The summed E-state index contributed by atoms with van der Waals surface area (Å²) in [4.78, 5) is 12.4. The lowest BCUT2D eigenvalue weighted by molar-refractivity contribution is -0.384. The number of rotatable bonds is 7. The van der Waals surface area contributed by atoms with Gasteiger partial charge in [0.2, 0.25) is 0 Å². The Balaban J connectivity index is 2.18. The highest BCUT2D eigenvalue weighted by Gasteiger charge is 2.14. The van der Waals surface area contributed by atoms with Crippen LogP contribution in [-0.2, 0) is 10.0 Å². The molecule has 0 aliphatic heterocycles. The lowest BCUT2D eigenvalue weighted by atomic mass is 10.1. The lowest BCUT2D eigenvalue weighted by Crippen LogP contribution is -2.20. The molecule has 0 saturated heterocycles. The summed E-state index contributed by atoms with van der Waals surface area (Å²) in [6, 6.07) is 11.7. The van der Waals surface area contributed by atoms with Crippen molar-refractivity contribution >= 4 is 21.4 Å². The van der Waals surface area contributed by atoms with Crippen LogP contribution in [0.4, 0.5) is 5.69 Å². The average molecular weight is 363 g/mol. The molecule has 0 heterocycles. The van der Waals surface area contributed by atoms with Crippen LogP contribution < -0.4 is 9.57 Å². The van der Waals surface area contributed by atoms with Crippen LogP contribution in [0.25, 0.3) is 0 Å². The van der Waals surface area contributed by atoms with E-state index in [0.717, 1.165) is 0 Å². The Morgan fingerprint density at radius 2 is 1.92 bits per heavy atom. The predicted octanol–water partition coefficient (Wildman–Crippen LogP) is 2.70. The van der Waals surface area contributed by atoms with Crippen LogP contribution in [-0.4, -0.2) is 25.7 Å². The monoisotopic (exact) mass is 363 g/mol. The van der Waals surface area contributed by atoms with Gasteiger partial charge in [-0.05, 0) is 38.1 Å². The van der Waals surface area contributed by atoms with Crippen molar-refractivity contribution < 1.29 is 18.1 Å². The molecule has 0 aliphatic carbocycles. The number of benzene rings is 2. The molecule has 0 bridgehead atoms. The molecular formula is C16H17N3O5S. The van der Waals surface area contributed by atoms with E-state index in [1.165, 1.54) is 30.3 Å². The molecule has 1 N–H and O–H groups in total. The van der Waals surface area contributed by atoms with E-state index < -0.39 is 14.9 Å². The topological polar surface area (TPSA) is 111 Å². The van der Waals surface area contributed by atoms with E-state index in [1.807, 2.05) is 6.92 Å².